The van der Waals surface area contributed by atoms with Crippen LogP contribution in [0.25, 0.3) is 0 Å². The Hall–Kier alpha value is -1.95. The van der Waals surface area contributed by atoms with Crippen LogP contribution in [0.15, 0.2) is 42.5 Å². The highest BCUT2D eigenvalue weighted by Crippen LogP contribution is 2.39. The highest BCUT2D eigenvalue weighted by atomic mass is 35.5. The Morgan fingerprint density at radius 3 is 2.57 bits per heavy atom. The van der Waals surface area contributed by atoms with E-state index in [4.69, 9.17) is 15.2 Å². The number of fused-ring (bicyclic) bond motifs is 1. The summed E-state index contributed by atoms with van der Waals surface area (Å²) in [6, 6.07) is 12.7. The van der Waals surface area contributed by atoms with Gasteiger partial charge in [-0.05, 0) is 23.8 Å². The van der Waals surface area contributed by atoms with Gasteiger partial charge in [-0.2, -0.15) is 0 Å². The average Bonchev–Trinajstić information content (AvgIpc) is 2.57. The molecule has 1 heterocycles. The van der Waals surface area contributed by atoms with E-state index in [1.807, 2.05) is 30.3 Å². The topological polar surface area (TPSA) is 84.9 Å². The molecule has 0 amide bonds. The molecule has 0 aromatic heterocycles. The molecular weight excluding hydrogens is 318 g/mol. The van der Waals surface area contributed by atoms with Crippen molar-refractivity contribution in [2.24, 2.45) is 5.73 Å². The van der Waals surface area contributed by atoms with Gasteiger partial charge in [0.2, 0.25) is 0 Å². The lowest BCUT2D eigenvalue weighted by Gasteiger charge is -2.32. The normalized spacial score (nSPS) is 19.5. The summed E-state index contributed by atoms with van der Waals surface area (Å²) >= 11 is 0. The number of phenolic OH excluding ortho intramolecular Hbond substituents is 2. The molecule has 1 aliphatic heterocycles. The average molecular weight is 338 g/mol. The smallest absolute Gasteiger partial charge is 0.161 e. The molecule has 4 N–H and O–H groups in total. The molecule has 0 fully saturated rings. The fourth-order valence-corrected chi connectivity index (χ4v) is 2.72. The van der Waals surface area contributed by atoms with Crippen molar-refractivity contribution >= 4 is 12.4 Å². The number of hydrogen-bond acceptors (Lipinski definition) is 5. The van der Waals surface area contributed by atoms with Gasteiger partial charge in [-0.3, -0.25) is 0 Å². The van der Waals surface area contributed by atoms with Crippen molar-refractivity contribution in [2.75, 3.05) is 13.2 Å². The Balaban J connectivity index is 0.00000192. The summed E-state index contributed by atoms with van der Waals surface area (Å²) in [6.45, 7) is 0.661. The number of ether oxygens (including phenoxy) is 2. The zero-order chi connectivity index (χ0) is 15.5. The number of nitrogens with two attached hydrogens (primary N) is 1. The summed E-state index contributed by atoms with van der Waals surface area (Å²) in [4.78, 5) is 0. The van der Waals surface area contributed by atoms with Crippen molar-refractivity contribution < 1.29 is 19.7 Å². The van der Waals surface area contributed by atoms with Crippen LogP contribution >= 0.6 is 12.4 Å². The second kappa shape index (κ2) is 7.55. The van der Waals surface area contributed by atoms with Crippen LogP contribution in [-0.4, -0.2) is 29.5 Å². The fourth-order valence-electron chi connectivity index (χ4n) is 2.72. The molecule has 2 atom stereocenters. The fraction of sp³-hybridized carbons (Fsp3) is 0.294. The molecule has 3 rings (SSSR count). The molecule has 0 spiro atoms. The van der Waals surface area contributed by atoms with Gasteiger partial charge in [0, 0.05) is 18.5 Å². The lowest BCUT2D eigenvalue weighted by molar-refractivity contribution is -0.0422. The number of hydrogen-bond donors (Lipinski definition) is 3. The van der Waals surface area contributed by atoms with Crippen LogP contribution < -0.4 is 10.5 Å². The highest BCUT2D eigenvalue weighted by Gasteiger charge is 2.30. The first-order valence-electron chi connectivity index (χ1n) is 7.26. The minimum absolute atomic E-state index is 0. The van der Waals surface area contributed by atoms with E-state index >= 15 is 0 Å². The monoisotopic (exact) mass is 337 g/mol. The molecule has 124 valence electrons. The number of phenols is 2. The Morgan fingerprint density at radius 1 is 1.13 bits per heavy atom. The molecular formula is C17H20ClNO4. The van der Waals surface area contributed by atoms with Crippen LogP contribution in [0.4, 0.5) is 0 Å². The van der Waals surface area contributed by atoms with E-state index in [0.717, 1.165) is 11.3 Å². The number of benzene rings is 2. The first-order chi connectivity index (χ1) is 10.7. The molecule has 0 radical (unpaired) electrons. The molecule has 0 aliphatic carbocycles. The van der Waals surface area contributed by atoms with Crippen molar-refractivity contribution in [3.63, 3.8) is 0 Å². The van der Waals surface area contributed by atoms with E-state index < -0.39 is 0 Å². The standard InChI is InChI=1S/C17H19NO4.ClH/c18-9-16-13-6-7-15(19)17(20)14(13)8-12(22-16)10-21-11-4-2-1-3-5-11;/h1-7,12,16,19-20H,8-10,18H2;1H/t12-,16-;/m0./s1. The molecule has 2 aromatic rings. The van der Waals surface area contributed by atoms with Gasteiger partial charge in [-0.15, -0.1) is 12.4 Å². The van der Waals surface area contributed by atoms with E-state index in [-0.39, 0.29) is 36.1 Å². The summed E-state index contributed by atoms with van der Waals surface area (Å²) < 4.78 is 11.6. The lowest BCUT2D eigenvalue weighted by Crippen LogP contribution is -2.34. The van der Waals surface area contributed by atoms with Gasteiger partial charge in [0.1, 0.15) is 12.4 Å². The Kier molecular flexibility index (Phi) is 5.71. The van der Waals surface area contributed by atoms with Crippen LogP contribution in [0.2, 0.25) is 0 Å². The zero-order valence-electron chi connectivity index (χ0n) is 12.5. The van der Waals surface area contributed by atoms with E-state index in [2.05, 4.69) is 0 Å². The third-order valence-electron chi connectivity index (χ3n) is 3.83. The number of halogens is 1. The van der Waals surface area contributed by atoms with Crippen molar-refractivity contribution in [2.45, 2.75) is 18.6 Å². The van der Waals surface area contributed by atoms with Gasteiger partial charge in [0.05, 0.1) is 12.2 Å². The Bertz CT molecular complexity index is 651. The van der Waals surface area contributed by atoms with E-state index in [1.54, 1.807) is 6.07 Å². The minimum atomic E-state index is -0.306. The molecule has 1 aliphatic rings. The van der Waals surface area contributed by atoms with Gasteiger partial charge in [-0.1, -0.05) is 24.3 Å². The van der Waals surface area contributed by atoms with Gasteiger partial charge in [0.25, 0.3) is 0 Å². The number of para-hydroxylation sites is 1. The zero-order valence-corrected chi connectivity index (χ0v) is 13.3. The number of aromatic hydroxyl groups is 2. The maximum Gasteiger partial charge on any atom is 0.161 e. The Morgan fingerprint density at radius 2 is 1.87 bits per heavy atom. The van der Waals surface area contributed by atoms with Crippen molar-refractivity contribution in [1.29, 1.82) is 0 Å². The van der Waals surface area contributed by atoms with Crippen LogP contribution in [0, 0.1) is 0 Å². The quantitative estimate of drug-likeness (QED) is 0.747. The summed E-state index contributed by atoms with van der Waals surface area (Å²) in [5.74, 6) is 0.546. The van der Waals surface area contributed by atoms with Crippen LogP contribution in [-0.2, 0) is 11.2 Å². The predicted molar refractivity (Wildman–Crippen MR) is 89.3 cm³/mol. The summed E-state index contributed by atoms with van der Waals surface area (Å²) in [5, 5.41) is 19.7. The highest BCUT2D eigenvalue weighted by molar-refractivity contribution is 5.85. The molecule has 0 saturated heterocycles. The van der Waals surface area contributed by atoms with E-state index in [1.165, 1.54) is 6.07 Å². The van der Waals surface area contributed by atoms with Crippen molar-refractivity contribution in [3.8, 4) is 17.2 Å². The summed E-state index contributed by atoms with van der Waals surface area (Å²) in [7, 11) is 0. The second-order valence-corrected chi connectivity index (χ2v) is 5.31. The molecule has 6 heteroatoms. The maximum absolute atomic E-state index is 10.1. The van der Waals surface area contributed by atoms with Crippen molar-refractivity contribution in [3.05, 3.63) is 53.6 Å². The molecule has 2 aromatic carbocycles. The van der Waals surface area contributed by atoms with Gasteiger partial charge < -0.3 is 25.4 Å². The van der Waals surface area contributed by atoms with Crippen LogP contribution in [0.5, 0.6) is 17.2 Å². The van der Waals surface area contributed by atoms with Crippen LogP contribution in [0.1, 0.15) is 17.2 Å². The SMILES string of the molecule is Cl.NC[C@@H]1O[C@H](COc2ccccc2)Cc2c1ccc(O)c2O. The molecule has 0 unspecified atom stereocenters. The third kappa shape index (κ3) is 3.69. The van der Waals surface area contributed by atoms with E-state index in [9.17, 15) is 10.2 Å². The molecule has 5 nitrogen and oxygen atoms in total. The van der Waals surface area contributed by atoms with Crippen molar-refractivity contribution in [1.82, 2.24) is 0 Å². The van der Waals surface area contributed by atoms with Gasteiger partial charge in [-0.25, -0.2) is 0 Å². The summed E-state index contributed by atoms with van der Waals surface area (Å²) in [6.07, 6.45) is -0.0626. The largest absolute Gasteiger partial charge is 0.504 e. The second-order valence-electron chi connectivity index (χ2n) is 5.31. The minimum Gasteiger partial charge on any atom is -0.504 e. The Labute approximate surface area is 141 Å². The summed E-state index contributed by atoms with van der Waals surface area (Å²) in [5.41, 5.74) is 7.28. The molecule has 23 heavy (non-hydrogen) atoms. The third-order valence-corrected chi connectivity index (χ3v) is 3.83. The number of rotatable bonds is 4. The first-order valence-corrected chi connectivity index (χ1v) is 7.26. The van der Waals surface area contributed by atoms with E-state index in [0.29, 0.717) is 25.1 Å². The lowest BCUT2D eigenvalue weighted by atomic mass is 9.93. The molecule has 0 bridgehead atoms. The van der Waals surface area contributed by atoms with Crippen LogP contribution in [0.3, 0.4) is 0 Å². The van der Waals surface area contributed by atoms with Gasteiger partial charge in [0.15, 0.2) is 11.5 Å². The molecule has 0 saturated carbocycles. The maximum atomic E-state index is 10.1. The van der Waals surface area contributed by atoms with Gasteiger partial charge >= 0.3 is 0 Å². The first kappa shape index (κ1) is 17.4. The predicted octanol–water partition coefficient (Wildman–Crippen LogP) is 2.54.